The van der Waals surface area contributed by atoms with Gasteiger partial charge in [-0.2, -0.15) is 5.10 Å². The van der Waals surface area contributed by atoms with Gasteiger partial charge in [-0.25, -0.2) is 4.79 Å². The Morgan fingerprint density at radius 2 is 2.13 bits per heavy atom. The van der Waals surface area contributed by atoms with Gasteiger partial charge >= 0.3 is 5.97 Å². The Morgan fingerprint density at radius 3 is 2.78 bits per heavy atom. The van der Waals surface area contributed by atoms with E-state index in [9.17, 15) is 4.79 Å². The lowest BCUT2D eigenvalue weighted by atomic mass is 9.84. The van der Waals surface area contributed by atoms with Crippen LogP contribution in [0.25, 0.3) is 10.9 Å². The number of carbonyl (C=O) groups excluding carboxylic acids is 1. The number of aliphatic hydroxyl groups is 1. The number of aromatic nitrogens is 2. The van der Waals surface area contributed by atoms with Crippen molar-refractivity contribution < 1.29 is 14.6 Å². The van der Waals surface area contributed by atoms with Gasteiger partial charge in [-0.3, -0.25) is 4.68 Å². The van der Waals surface area contributed by atoms with Gasteiger partial charge in [0.15, 0.2) is 0 Å². The summed E-state index contributed by atoms with van der Waals surface area (Å²) < 4.78 is 6.75. The quantitative estimate of drug-likeness (QED) is 0.668. The summed E-state index contributed by atoms with van der Waals surface area (Å²) in [5.41, 5.74) is 7.47. The van der Waals surface area contributed by atoms with Crippen molar-refractivity contribution in [3.63, 3.8) is 0 Å². The summed E-state index contributed by atoms with van der Waals surface area (Å²) >= 11 is 0. The molecule has 0 atom stereocenters. The monoisotopic (exact) mass is 317 g/mol. The molecule has 3 rings (SSSR count). The van der Waals surface area contributed by atoms with Crippen molar-refractivity contribution in [1.82, 2.24) is 9.78 Å². The van der Waals surface area contributed by atoms with E-state index in [1.165, 1.54) is 7.11 Å². The normalized spacial score (nSPS) is 21.5. The van der Waals surface area contributed by atoms with Gasteiger partial charge in [0, 0.05) is 23.9 Å². The van der Waals surface area contributed by atoms with Crippen molar-refractivity contribution in [1.29, 1.82) is 0 Å². The Kier molecular flexibility index (Phi) is 4.52. The molecule has 0 spiro atoms. The molecule has 3 N–H and O–H groups in total. The third-order valence-electron chi connectivity index (χ3n) is 4.83. The molecule has 1 aromatic heterocycles. The summed E-state index contributed by atoms with van der Waals surface area (Å²) in [5.74, 6) is 0.186. The number of anilines is 1. The number of aliphatic hydroxyl groups excluding tert-OH is 1. The van der Waals surface area contributed by atoms with E-state index in [0.29, 0.717) is 23.2 Å². The lowest BCUT2D eigenvalue weighted by molar-refractivity contribution is 0.0602. The van der Waals surface area contributed by atoms with Gasteiger partial charge in [0.05, 0.1) is 24.2 Å². The first kappa shape index (κ1) is 15.8. The summed E-state index contributed by atoms with van der Waals surface area (Å²) in [6.07, 6.45) is 7.28. The number of nitrogens with two attached hydrogens (primary N) is 1. The summed E-state index contributed by atoms with van der Waals surface area (Å²) in [6.45, 7) is 0.274. The molecule has 0 saturated heterocycles. The van der Waals surface area contributed by atoms with Crippen LogP contribution in [-0.4, -0.2) is 34.6 Å². The van der Waals surface area contributed by atoms with Crippen LogP contribution in [0.3, 0.4) is 0 Å². The molecule has 1 fully saturated rings. The predicted molar refractivity (Wildman–Crippen MR) is 88.2 cm³/mol. The molecular weight excluding hydrogens is 294 g/mol. The first-order chi connectivity index (χ1) is 11.1. The molecule has 23 heavy (non-hydrogen) atoms. The van der Waals surface area contributed by atoms with E-state index in [1.54, 1.807) is 12.1 Å². The highest BCUT2D eigenvalue weighted by Gasteiger charge is 2.23. The Labute approximate surface area is 135 Å². The zero-order valence-corrected chi connectivity index (χ0v) is 13.4. The maximum atomic E-state index is 11.7. The topological polar surface area (TPSA) is 90.4 Å². The number of nitrogen functional groups attached to an aromatic ring is 1. The van der Waals surface area contributed by atoms with Gasteiger partial charge in [-0.15, -0.1) is 0 Å². The summed E-state index contributed by atoms with van der Waals surface area (Å²) in [7, 11) is 1.34. The van der Waals surface area contributed by atoms with Crippen molar-refractivity contribution >= 4 is 22.6 Å². The summed E-state index contributed by atoms with van der Waals surface area (Å²) in [5, 5.41) is 14.6. The molecule has 0 amide bonds. The molecule has 2 aromatic rings. The molecule has 1 aromatic carbocycles. The van der Waals surface area contributed by atoms with Crippen LogP contribution in [0, 0.1) is 5.92 Å². The molecule has 1 heterocycles. The second-order valence-corrected chi connectivity index (χ2v) is 6.29. The van der Waals surface area contributed by atoms with E-state index in [1.807, 2.05) is 10.9 Å². The van der Waals surface area contributed by atoms with Gasteiger partial charge in [-0.05, 0) is 50.2 Å². The zero-order valence-electron chi connectivity index (χ0n) is 13.4. The second kappa shape index (κ2) is 6.58. The van der Waals surface area contributed by atoms with Crippen LogP contribution in [0.2, 0.25) is 0 Å². The van der Waals surface area contributed by atoms with Crippen LogP contribution in [0.5, 0.6) is 0 Å². The molecule has 1 saturated carbocycles. The molecule has 0 unspecified atom stereocenters. The summed E-state index contributed by atoms with van der Waals surface area (Å²) in [4.78, 5) is 11.7. The van der Waals surface area contributed by atoms with Gasteiger partial charge in [0.1, 0.15) is 0 Å². The Hall–Kier alpha value is -2.08. The highest BCUT2D eigenvalue weighted by atomic mass is 16.5. The molecule has 0 bridgehead atoms. The van der Waals surface area contributed by atoms with E-state index < -0.39 is 5.97 Å². The number of nitrogens with zero attached hydrogens (tertiary/aromatic N) is 2. The van der Waals surface area contributed by atoms with E-state index in [-0.39, 0.29) is 6.61 Å². The van der Waals surface area contributed by atoms with Crippen LogP contribution >= 0.6 is 0 Å². The van der Waals surface area contributed by atoms with Gasteiger partial charge in [0.2, 0.25) is 0 Å². The van der Waals surface area contributed by atoms with Gasteiger partial charge < -0.3 is 15.6 Å². The van der Waals surface area contributed by atoms with Crippen LogP contribution in [0.1, 0.15) is 48.5 Å². The number of rotatable bonds is 4. The van der Waals surface area contributed by atoms with Crippen molar-refractivity contribution in [3.8, 4) is 0 Å². The standard InChI is InChI=1S/C17H23N3O3/c1-23-17(22)14-9-16-12(8-15(14)18)10-20(19-16)13-4-2-11(3-5-13)6-7-21/h8-11,13,21H,2-7,18H2,1H3/t11-,13-. The fourth-order valence-corrected chi connectivity index (χ4v) is 3.46. The molecule has 6 nitrogen and oxygen atoms in total. The highest BCUT2D eigenvalue weighted by molar-refractivity contribution is 6.00. The number of esters is 1. The fraction of sp³-hybridized carbons (Fsp3) is 0.529. The molecule has 124 valence electrons. The first-order valence-electron chi connectivity index (χ1n) is 8.10. The molecule has 0 radical (unpaired) electrons. The Bertz CT molecular complexity index is 702. The van der Waals surface area contributed by atoms with E-state index in [2.05, 4.69) is 5.10 Å². The number of benzene rings is 1. The number of carbonyl (C=O) groups is 1. The molecular formula is C17H23N3O3. The van der Waals surface area contributed by atoms with Crippen molar-refractivity contribution in [3.05, 3.63) is 23.9 Å². The SMILES string of the molecule is COC(=O)c1cc2nn([C@H]3CC[C@H](CCO)CC3)cc2cc1N. The number of hydrogen-bond acceptors (Lipinski definition) is 5. The average Bonchev–Trinajstić information content (AvgIpc) is 2.97. The molecule has 6 heteroatoms. The van der Waals surface area contributed by atoms with Crippen molar-refractivity contribution in [2.24, 2.45) is 5.92 Å². The largest absolute Gasteiger partial charge is 0.465 e. The number of hydrogen-bond donors (Lipinski definition) is 2. The first-order valence-corrected chi connectivity index (χ1v) is 8.10. The van der Waals surface area contributed by atoms with Gasteiger partial charge in [-0.1, -0.05) is 0 Å². The van der Waals surface area contributed by atoms with E-state index in [4.69, 9.17) is 15.6 Å². The van der Waals surface area contributed by atoms with Crippen molar-refractivity contribution in [2.45, 2.75) is 38.1 Å². The van der Waals surface area contributed by atoms with Crippen LogP contribution in [-0.2, 0) is 4.74 Å². The fourth-order valence-electron chi connectivity index (χ4n) is 3.46. The third kappa shape index (κ3) is 3.17. The second-order valence-electron chi connectivity index (χ2n) is 6.29. The van der Waals surface area contributed by atoms with Crippen LogP contribution in [0.15, 0.2) is 18.3 Å². The smallest absolute Gasteiger partial charge is 0.340 e. The van der Waals surface area contributed by atoms with Gasteiger partial charge in [0.25, 0.3) is 0 Å². The molecule has 1 aliphatic carbocycles. The Balaban J connectivity index is 1.82. The minimum Gasteiger partial charge on any atom is -0.465 e. The molecule has 1 aliphatic rings. The maximum Gasteiger partial charge on any atom is 0.340 e. The Morgan fingerprint density at radius 1 is 1.39 bits per heavy atom. The third-order valence-corrected chi connectivity index (χ3v) is 4.83. The van der Waals surface area contributed by atoms with Crippen LogP contribution < -0.4 is 5.73 Å². The van der Waals surface area contributed by atoms with Crippen LogP contribution in [0.4, 0.5) is 5.69 Å². The number of ether oxygens (including phenoxy) is 1. The average molecular weight is 317 g/mol. The maximum absolute atomic E-state index is 11.7. The number of methoxy groups -OCH3 is 1. The minimum absolute atomic E-state index is 0.274. The lowest BCUT2D eigenvalue weighted by Crippen LogP contribution is -2.19. The van der Waals surface area contributed by atoms with E-state index in [0.717, 1.165) is 43.0 Å². The lowest BCUT2D eigenvalue weighted by Gasteiger charge is -2.28. The summed E-state index contributed by atoms with van der Waals surface area (Å²) in [6, 6.07) is 3.85. The minimum atomic E-state index is -0.441. The number of fused-ring (bicyclic) bond motifs is 1. The predicted octanol–water partition coefficient (Wildman–Crippen LogP) is 2.52. The molecule has 0 aliphatic heterocycles. The zero-order chi connectivity index (χ0) is 16.4. The van der Waals surface area contributed by atoms with E-state index >= 15 is 0 Å². The van der Waals surface area contributed by atoms with Crippen molar-refractivity contribution in [2.75, 3.05) is 19.5 Å². The highest BCUT2D eigenvalue weighted by Crippen LogP contribution is 2.34.